The summed E-state index contributed by atoms with van der Waals surface area (Å²) in [5.74, 6) is 1.26. The predicted octanol–water partition coefficient (Wildman–Crippen LogP) is 1.81. The average Bonchev–Trinajstić information content (AvgIpc) is 3.15. The molecule has 2 heterocycles. The first-order chi connectivity index (χ1) is 10.2. The van der Waals surface area contributed by atoms with E-state index in [9.17, 15) is 4.79 Å². The number of nitrogens with one attached hydrogen (secondary N) is 2. The first-order valence-electron chi connectivity index (χ1n) is 6.23. The monoisotopic (exact) mass is 304 g/mol. The fourth-order valence-electron chi connectivity index (χ4n) is 1.85. The minimum atomic E-state index is -0.386. The first-order valence-corrected chi connectivity index (χ1v) is 6.64. The molecule has 1 aromatic heterocycles. The van der Waals surface area contributed by atoms with Crippen LogP contribution in [0.2, 0.25) is 0 Å². The van der Waals surface area contributed by atoms with Crippen molar-refractivity contribution >= 4 is 23.2 Å². The van der Waals surface area contributed by atoms with Crippen LogP contribution in [0.1, 0.15) is 16.1 Å². The number of hydrogen-bond acceptors (Lipinski definition) is 5. The molecule has 0 radical (unpaired) electrons. The number of carbonyl (C=O) groups is 1. The molecule has 0 bridgehead atoms. The van der Waals surface area contributed by atoms with Crippen molar-refractivity contribution in [2.75, 3.05) is 6.79 Å². The summed E-state index contributed by atoms with van der Waals surface area (Å²) in [5, 5.41) is 5.71. The van der Waals surface area contributed by atoms with Gasteiger partial charge in [0.2, 0.25) is 6.79 Å². The molecule has 0 atom stereocenters. The van der Waals surface area contributed by atoms with E-state index < -0.39 is 0 Å². The lowest BCUT2D eigenvalue weighted by Gasteiger charge is -2.09. The molecule has 7 heteroatoms. The van der Waals surface area contributed by atoms with E-state index in [2.05, 4.69) is 10.6 Å². The zero-order valence-corrected chi connectivity index (χ0v) is 11.7. The second-order valence-electron chi connectivity index (χ2n) is 4.30. The number of rotatable bonds is 3. The molecule has 0 spiro atoms. The Hall–Kier alpha value is -2.54. The van der Waals surface area contributed by atoms with Gasteiger partial charge in [0, 0.05) is 6.54 Å². The molecule has 2 N–H and O–H groups in total. The number of benzene rings is 1. The Labute approximate surface area is 126 Å². The van der Waals surface area contributed by atoms with E-state index in [0.29, 0.717) is 12.3 Å². The van der Waals surface area contributed by atoms with Crippen molar-refractivity contribution in [1.82, 2.24) is 10.6 Å². The third kappa shape index (κ3) is 3.14. The molecule has 0 unspecified atom stereocenters. The van der Waals surface area contributed by atoms with Gasteiger partial charge in [-0.3, -0.25) is 10.1 Å². The highest BCUT2D eigenvalue weighted by molar-refractivity contribution is 7.80. The van der Waals surface area contributed by atoms with E-state index in [1.165, 1.54) is 6.26 Å². The largest absolute Gasteiger partial charge is 0.459 e. The Bertz CT molecular complexity index is 670. The zero-order chi connectivity index (χ0) is 14.7. The summed E-state index contributed by atoms with van der Waals surface area (Å²) in [7, 11) is 0. The second kappa shape index (κ2) is 5.84. The molecule has 2 aromatic rings. The highest BCUT2D eigenvalue weighted by Crippen LogP contribution is 2.32. The normalized spacial score (nSPS) is 12.0. The molecule has 0 saturated carbocycles. The second-order valence-corrected chi connectivity index (χ2v) is 4.71. The van der Waals surface area contributed by atoms with Crippen molar-refractivity contribution in [1.29, 1.82) is 0 Å². The smallest absolute Gasteiger partial charge is 0.293 e. The number of furan rings is 1. The van der Waals surface area contributed by atoms with E-state index in [1.54, 1.807) is 12.1 Å². The van der Waals surface area contributed by atoms with Gasteiger partial charge in [-0.05, 0) is 42.0 Å². The highest BCUT2D eigenvalue weighted by atomic mass is 32.1. The Morgan fingerprint density at radius 3 is 2.90 bits per heavy atom. The number of hydrogen-bond donors (Lipinski definition) is 2. The fraction of sp³-hybridized carbons (Fsp3) is 0.143. The van der Waals surface area contributed by atoms with Crippen molar-refractivity contribution in [3.8, 4) is 11.5 Å². The Kier molecular flexibility index (Phi) is 3.74. The summed E-state index contributed by atoms with van der Waals surface area (Å²) < 4.78 is 15.5. The minimum absolute atomic E-state index is 0.210. The maximum atomic E-state index is 11.7. The van der Waals surface area contributed by atoms with Crippen molar-refractivity contribution in [3.05, 3.63) is 47.9 Å². The molecular weight excluding hydrogens is 292 g/mol. The van der Waals surface area contributed by atoms with E-state index in [4.69, 9.17) is 26.1 Å². The Morgan fingerprint density at radius 1 is 1.24 bits per heavy atom. The van der Waals surface area contributed by atoms with Gasteiger partial charge in [-0.1, -0.05) is 6.07 Å². The lowest BCUT2D eigenvalue weighted by atomic mass is 10.2. The van der Waals surface area contributed by atoms with Crippen molar-refractivity contribution < 1.29 is 18.7 Å². The molecule has 0 aliphatic carbocycles. The third-order valence-corrected chi connectivity index (χ3v) is 3.11. The number of ether oxygens (including phenoxy) is 2. The Balaban J connectivity index is 1.53. The van der Waals surface area contributed by atoms with E-state index in [1.807, 2.05) is 18.2 Å². The summed E-state index contributed by atoms with van der Waals surface area (Å²) in [6.07, 6.45) is 1.43. The van der Waals surface area contributed by atoms with Gasteiger partial charge in [-0.2, -0.15) is 0 Å². The topological polar surface area (TPSA) is 72.7 Å². The standard InChI is InChI=1S/C14H12N2O4S/c17-13(11-2-1-5-18-11)16-14(21)15-7-9-3-4-10-12(6-9)20-8-19-10/h1-6H,7-8H2,(H2,15,16,17,21). The molecule has 1 aromatic carbocycles. The van der Waals surface area contributed by atoms with Crippen LogP contribution in [0.4, 0.5) is 0 Å². The van der Waals surface area contributed by atoms with Crippen molar-refractivity contribution in [2.45, 2.75) is 6.54 Å². The molecule has 1 amide bonds. The molecule has 6 nitrogen and oxygen atoms in total. The summed E-state index contributed by atoms with van der Waals surface area (Å²) in [5.41, 5.74) is 0.967. The van der Waals surface area contributed by atoms with Gasteiger partial charge in [0.15, 0.2) is 22.4 Å². The van der Waals surface area contributed by atoms with Gasteiger partial charge < -0.3 is 19.2 Å². The van der Waals surface area contributed by atoms with Gasteiger partial charge in [-0.25, -0.2) is 0 Å². The van der Waals surface area contributed by atoms with Gasteiger partial charge in [0.1, 0.15) is 0 Å². The summed E-state index contributed by atoms with van der Waals surface area (Å²) in [6.45, 7) is 0.706. The number of thiocarbonyl (C=S) groups is 1. The molecule has 3 rings (SSSR count). The quantitative estimate of drug-likeness (QED) is 0.843. The number of amides is 1. The van der Waals surface area contributed by atoms with Crippen LogP contribution in [0.3, 0.4) is 0 Å². The maximum Gasteiger partial charge on any atom is 0.293 e. The van der Waals surface area contributed by atoms with Crippen LogP contribution in [0, 0.1) is 0 Å². The summed E-state index contributed by atoms with van der Waals surface area (Å²) in [4.78, 5) is 11.7. The molecule has 1 aliphatic rings. The molecule has 108 valence electrons. The van der Waals surface area contributed by atoms with Gasteiger partial charge in [0.05, 0.1) is 6.26 Å². The minimum Gasteiger partial charge on any atom is -0.459 e. The Morgan fingerprint density at radius 2 is 2.10 bits per heavy atom. The molecule has 0 fully saturated rings. The van der Waals surface area contributed by atoms with Crippen LogP contribution in [-0.2, 0) is 6.54 Å². The van der Waals surface area contributed by atoms with Crippen molar-refractivity contribution in [2.24, 2.45) is 0 Å². The van der Waals surface area contributed by atoms with Crippen molar-refractivity contribution in [3.63, 3.8) is 0 Å². The number of carbonyl (C=O) groups excluding carboxylic acids is 1. The number of fused-ring (bicyclic) bond motifs is 1. The zero-order valence-electron chi connectivity index (χ0n) is 10.9. The maximum absolute atomic E-state index is 11.7. The van der Waals surface area contributed by atoms with E-state index >= 15 is 0 Å². The molecular formula is C14H12N2O4S. The molecule has 1 aliphatic heterocycles. The van der Waals surface area contributed by atoms with Crippen LogP contribution in [0.5, 0.6) is 11.5 Å². The van der Waals surface area contributed by atoms with Crippen LogP contribution >= 0.6 is 12.2 Å². The van der Waals surface area contributed by atoms with Crippen LogP contribution < -0.4 is 20.1 Å². The fourth-order valence-corrected chi connectivity index (χ4v) is 2.01. The predicted molar refractivity (Wildman–Crippen MR) is 78.2 cm³/mol. The van der Waals surface area contributed by atoms with E-state index in [0.717, 1.165) is 11.3 Å². The SMILES string of the molecule is O=C(NC(=S)NCc1ccc2c(c1)OCO2)c1ccco1. The van der Waals surface area contributed by atoms with Crippen LogP contribution in [0.25, 0.3) is 0 Å². The van der Waals surface area contributed by atoms with E-state index in [-0.39, 0.29) is 23.6 Å². The molecule has 21 heavy (non-hydrogen) atoms. The lowest BCUT2D eigenvalue weighted by molar-refractivity contribution is 0.0949. The highest BCUT2D eigenvalue weighted by Gasteiger charge is 2.14. The van der Waals surface area contributed by atoms with Gasteiger partial charge in [0.25, 0.3) is 5.91 Å². The average molecular weight is 304 g/mol. The van der Waals surface area contributed by atoms with Crippen LogP contribution in [0.15, 0.2) is 41.0 Å². The van der Waals surface area contributed by atoms with Gasteiger partial charge in [-0.15, -0.1) is 0 Å². The lowest BCUT2D eigenvalue weighted by Crippen LogP contribution is -2.38. The summed E-state index contributed by atoms with van der Waals surface area (Å²) >= 11 is 5.06. The summed E-state index contributed by atoms with van der Waals surface area (Å²) in [6, 6.07) is 8.81. The third-order valence-electron chi connectivity index (χ3n) is 2.86. The van der Waals surface area contributed by atoms with Gasteiger partial charge >= 0.3 is 0 Å². The molecule has 0 saturated heterocycles. The first kappa shape index (κ1) is 13.4. The van der Waals surface area contributed by atoms with Crippen LogP contribution in [-0.4, -0.2) is 17.8 Å².